The molecule has 0 spiro atoms. The second-order valence-electron chi connectivity index (χ2n) is 6.56. The van der Waals surface area contributed by atoms with Crippen LogP contribution in [0, 0.1) is 0 Å². The first-order valence-corrected chi connectivity index (χ1v) is 9.20. The number of aromatic amines is 1. The van der Waals surface area contributed by atoms with Gasteiger partial charge in [0.2, 0.25) is 0 Å². The van der Waals surface area contributed by atoms with Crippen molar-refractivity contribution >= 4 is 22.8 Å². The third-order valence-corrected chi connectivity index (χ3v) is 4.75. The van der Waals surface area contributed by atoms with Crippen molar-refractivity contribution in [3.8, 4) is 0 Å². The predicted octanol–water partition coefficient (Wildman–Crippen LogP) is 4.02. The number of fused-ring (bicyclic) bond motifs is 1. The minimum Gasteiger partial charge on any atom is -0.449 e. The van der Waals surface area contributed by atoms with Crippen LogP contribution in [0.2, 0.25) is 0 Å². The van der Waals surface area contributed by atoms with Gasteiger partial charge >= 0.3 is 5.97 Å². The van der Waals surface area contributed by atoms with Crippen molar-refractivity contribution in [1.29, 1.82) is 0 Å². The first-order valence-electron chi connectivity index (χ1n) is 9.20. The summed E-state index contributed by atoms with van der Waals surface area (Å²) < 4.78 is 5.37. The number of amides is 1. The van der Waals surface area contributed by atoms with E-state index >= 15 is 0 Å². The average molecular weight is 364 g/mol. The molecule has 0 aliphatic carbocycles. The maximum absolute atomic E-state index is 12.4. The number of nitrogens with one attached hydrogen (secondary N) is 2. The summed E-state index contributed by atoms with van der Waals surface area (Å²) in [6.07, 6.45) is 1.66. The number of esters is 1. The number of para-hydroxylation sites is 1. The average Bonchev–Trinajstić information content (AvgIpc) is 3.13. The van der Waals surface area contributed by atoms with Gasteiger partial charge in [-0.15, -0.1) is 0 Å². The van der Waals surface area contributed by atoms with E-state index in [9.17, 15) is 9.59 Å². The number of benzene rings is 2. The number of ether oxygens (including phenoxy) is 1. The van der Waals surface area contributed by atoms with Crippen molar-refractivity contribution in [3.63, 3.8) is 0 Å². The lowest BCUT2D eigenvalue weighted by atomic mass is 9.96. The fourth-order valence-corrected chi connectivity index (χ4v) is 3.11. The molecule has 0 saturated carbocycles. The van der Waals surface area contributed by atoms with E-state index in [0.29, 0.717) is 12.1 Å². The van der Waals surface area contributed by atoms with Gasteiger partial charge < -0.3 is 15.0 Å². The van der Waals surface area contributed by atoms with Gasteiger partial charge in [0, 0.05) is 29.6 Å². The van der Waals surface area contributed by atoms with Gasteiger partial charge in [0.15, 0.2) is 6.10 Å². The van der Waals surface area contributed by atoms with Crippen molar-refractivity contribution in [1.82, 2.24) is 10.3 Å². The van der Waals surface area contributed by atoms with Crippen molar-refractivity contribution in [3.05, 3.63) is 71.9 Å². The van der Waals surface area contributed by atoms with E-state index in [1.54, 1.807) is 13.1 Å². The first-order chi connectivity index (χ1) is 13.1. The molecule has 5 heteroatoms. The summed E-state index contributed by atoms with van der Waals surface area (Å²) in [6, 6.07) is 17.5. The van der Waals surface area contributed by atoms with E-state index in [1.807, 2.05) is 42.5 Å². The Hall–Kier alpha value is -3.08. The molecule has 140 valence electrons. The molecule has 2 atom stereocenters. The molecule has 0 aliphatic rings. The van der Waals surface area contributed by atoms with E-state index in [-0.39, 0.29) is 11.8 Å². The number of hydrogen-bond donors (Lipinski definition) is 2. The molecule has 0 radical (unpaired) electrons. The van der Waals surface area contributed by atoms with E-state index in [4.69, 9.17) is 4.74 Å². The van der Waals surface area contributed by atoms with E-state index in [1.165, 1.54) is 5.56 Å². The van der Waals surface area contributed by atoms with Gasteiger partial charge in [0.1, 0.15) is 0 Å². The smallest absolute Gasteiger partial charge is 0.341 e. The molecular formula is C22H24N2O3. The van der Waals surface area contributed by atoms with Crippen LogP contribution in [0.25, 0.3) is 10.9 Å². The summed E-state index contributed by atoms with van der Waals surface area (Å²) in [5.74, 6) is -0.575. The minimum atomic E-state index is -0.862. The quantitative estimate of drug-likeness (QED) is 0.622. The molecule has 27 heavy (non-hydrogen) atoms. The SMILES string of the molecule is CC[C@H](CNC(=O)[C@H](C)OC(=O)c1c[nH]c2ccccc12)c1ccccc1. The molecule has 2 aromatic carbocycles. The summed E-state index contributed by atoms with van der Waals surface area (Å²) in [6.45, 7) is 4.18. The van der Waals surface area contributed by atoms with Gasteiger partial charge in [-0.1, -0.05) is 55.5 Å². The maximum Gasteiger partial charge on any atom is 0.341 e. The van der Waals surface area contributed by atoms with Crippen LogP contribution in [0.15, 0.2) is 60.8 Å². The van der Waals surface area contributed by atoms with Crippen LogP contribution in [0.4, 0.5) is 0 Å². The monoisotopic (exact) mass is 364 g/mol. The van der Waals surface area contributed by atoms with E-state index in [2.05, 4.69) is 29.4 Å². The van der Waals surface area contributed by atoms with Gasteiger partial charge in [-0.2, -0.15) is 0 Å². The van der Waals surface area contributed by atoms with Crippen LogP contribution in [-0.4, -0.2) is 29.5 Å². The van der Waals surface area contributed by atoms with Crippen molar-refractivity contribution in [2.75, 3.05) is 6.54 Å². The molecule has 3 rings (SSSR count). The highest BCUT2D eigenvalue weighted by Crippen LogP contribution is 2.20. The summed E-state index contributed by atoms with van der Waals surface area (Å²) in [5, 5.41) is 3.68. The summed E-state index contributed by atoms with van der Waals surface area (Å²) in [7, 11) is 0. The molecule has 0 aliphatic heterocycles. The third kappa shape index (κ3) is 4.37. The zero-order valence-corrected chi connectivity index (χ0v) is 15.6. The van der Waals surface area contributed by atoms with Crippen LogP contribution in [0.3, 0.4) is 0 Å². The van der Waals surface area contributed by atoms with Gasteiger partial charge in [-0.3, -0.25) is 4.79 Å². The second-order valence-corrected chi connectivity index (χ2v) is 6.56. The summed E-state index contributed by atoms with van der Waals surface area (Å²) in [4.78, 5) is 27.8. The molecular weight excluding hydrogens is 340 g/mol. The molecule has 3 aromatic rings. The van der Waals surface area contributed by atoms with Crippen LogP contribution in [0.5, 0.6) is 0 Å². The molecule has 0 saturated heterocycles. The molecule has 0 fully saturated rings. The molecule has 1 aromatic heterocycles. The normalized spacial score (nSPS) is 13.1. The second kappa shape index (κ2) is 8.54. The molecule has 2 N–H and O–H groups in total. The fourth-order valence-electron chi connectivity index (χ4n) is 3.11. The molecule has 0 unspecified atom stereocenters. The Balaban J connectivity index is 1.58. The number of H-pyrrole nitrogens is 1. The van der Waals surface area contributed by atoms with Crippen molar-refractivity contribution < 1.29 is 14.3 Å². The number of hydrogen-bond acceptors (Lipinski definition) is 3. The maximum atomic E-state index is 12.4. The Bertz CT molecular complexity index is 917. The van der Waals surface area contributed by atoms with Crippen molar-refractivity contribution in [2.45, 2.75) is 32.3 Å². The predicted molar refractivity (Wildman–Crippen MR) is 106 cm³/mol. The third-order valence-electron chi connectivity index (χ3n) is 4.75. The Morgan fingerprint density at radius 3 is 2.52 bits per heavy atom. The molecule has 1 amide bonds. The standard InChI is InChI=1S/C22H24N2O3/c1-3-16(17-9-5-4-6-10-17)13-24-21(25)15(2)27-22(26)19-14-23-20-12-8-7-11-18(19)20/h4-12,14-16,23H,3,13H2,1-2H3,(H,24,25)/t15-,16+/m0/s1. The van der Waals surface area contributed by atoms with E-state index in [0.717, 1.165) is 17.3 Å². The van der Waals surface area contributed by atoms with Crippen LogP contribution >= 0.6 is 0 Å². The van der Waals surface area contributed by atoms with Gasteiger partial charge in [0.05, 0.1) is 5.56 Å². The highest BCUT2D eigenvalue weighted by atomic mass is 16.5. The van der Waals surface area contributed by atoms with Crippen LogP contribution < -0.4 is 5.32 Å². The Labute approximate surface area is 158 Å². The highest BCUT2D eigenvalue weighted by molar-refractivity contribution is 6.04. The lowest BCUT2D eigenvalue weighted by Gasteiger charge is -2.18. The molecule has 1 heterocycles. The lowest BCUT2D eigenvalue weighted by Crippen LogP contribution is -2.38. The van der Waals surface area contributed by atoms with Crippen LogP contribution in [-0.2, 0) is 9.53 Å². The van der Waals surface area contributed by atoms with Gasteiger partial charge in [-0.05, 0) is 25.0 Å². The topological polar surface area (TPSA) is 71.2 Å². The zero-order valence-electron chi connectivity index (χ0n) is 15.6. The Morgan fingerprint density at radius 1 is 1.07 bits per heavy atom. The van der Waals surface area contributed by atoms with Crippen LogP contribution in [0.1, 0.15) is 42.1 Å². The largest absolute Gasteiger partial charge is 0.449 e. The Morgan fingerprint density at radius 2 is 1.78 bits per heavy atom. The minimum absolute atomic E-state index is 0.228. The first kappa shape index (κ1) is 18.7. The summed E-state index contributed by atoms with van der Waals surface area (Å²) >= 11 is 0. The summed E-state index contributed by atoms with van der Waals surface area (Å²) in [5.41, 5.74) is 2.47. The number of aromatic nitrogens is 1. The zero-order chi connectivity index (χ0) is 19.2. The highest BCUT2D eigenvalue weighted by Gasteiger charge is 2.21. The number of carbonyl (C=O) groups excluding carboxylic acids is 2. The number of rotatable bonds is 7. The van der Waals surface area contributed by atoms with Crippen molar-refractivity contribution in [2.24, 2.45) is 0 Å². The lowest BCUT2D eigenvalue weighted by molar-refractivity contribution is -0.129. The van der Waals surface area contributed by atoms with Gasteiger partial charge in [0.25, 0.3) is 5.91 Å². The van der Waals surface area contributed by atoms with Gasteiger partial charge in [-0.25, -0.2) is 4.79 Å². The molecule has 5 nitrogen and oxygen atoms in total. The number of carbonyl (C=O) groups is 2. The Kier molecular flexibility index (Phi) is 5.91. The fraction of sp³-hybridized carbons (Fsp3) is 0.273. The molecule has 0 bridgehead atoms. The van der Waals surface area contributed by atoms with E-state index < -0.39 is 12.1 Å².